The predicted octanol–water partition coefficient (Wildman–Crippen LogP) is 1.32. The number of ketones is 1. The van der Waals surface area contributed by atoms with Gasteiger partial charge in [0, 0.05) is 12.1 Å². The average Bonchev–Trinajstić information content (AvgIpc) is 2.28. The summed E-state index contributed by atoms with van der Waals surface area (Å²) in [6, 6.07) is 8.59. The van der Waals surface area contributed by atoms with Gasteiger partial charge in [-0.05, 0) is 6.92 Å². The number of aliphatic carboxylic acids is 1. The van der Waals surface area contributed by atoms with Gasteiger partial charge in [0.1, 0.15) is 0 Å². The van der Waals surface area contributed by atoms with Gasteiger partial charge in [0.2, 0.25) is 0 Å². The lowest BCUT2D eigenvalue weighted by Gasteiger charge is -2.11. The Labute approximate surface area is 94.3 Å². The standard InChI is InChI=1S/C12H15NO3/c1-9(13-8-7-11(14)15)12(16)10-5-3-2-4-6-10/h2-6,9,13H,7-8H2,1H3,(H,14,15). The van der Waals surface area contributed by atoms with E-state index in [-0.39, 0.29) is 18.2 Å². The highest BCUT2D eigenvalue weighted by atomic mass is 16.4. The molecule has 1 atom stereocenters. The lowest BCUT2D eigenvalue weighted by molar-refractivity contribution is -0.136. The minimum atomic E-state index is -0.869. The van der Waals surface area contributed by atoms with E-state index in [1.165, 1.54) is 0 Å². The van der Waals surface area contributed by atoms with E-state index in [0.717, 1.165) is 0 Å². The average molecular weight is 221 g/mol. The number of carbonyl (C=O) groups is 2. The van der Waals surface area contributed by atoms with Gasteiger partial charge in [-0.1, -0.05) is 30.3 Å². The Morgan fingerprint density at radius 2 is 1.94 bits per heavy atom. The van der Waals surface area contributed by atoms with Gasteiger partial charge < -0.3 is 10.4 Å². The van der Waals surface area contributed by atoms with Crippen LogP contribution in [0.2, 0.25) is 0 Å². The van der Waals surface area contributed by atoms with Crippen LogP contribution < -0.4 is 5.32 Å². The second-order valence-corrected chi connectivity index (χ2v) is 3.55. The van der Waals surface area contributed by atoms with Crippen molar-refractivity contribution in [2.45, 2.75) is 19.4 Å². The molecule has 0 spiro atoms. The molecule has 1 rings (SSSR count). The van der Waals surface area contributed by atoms with Crippen molar-refractivity contribution in [2.24, 2.45) is 0 Å². The van der Waals surface area contributed by atoms with Crippen LogP contribution in [0.1, 0.15) is 23.7 Å². The Bertz CT molecular complexity index is 362. The highest BCUT2D eigenvalue weighted by Gasteiger charge is 2.13. The maximum atomic E-state index is 11.8. The number of benzene rings is 1. The molecule has 0 saturated carbocycles. The highest BCUT2D eigenvalue weighted by Crippen LogP contribution is 2.03. The van der Waals surface area contributed by atoms with E-state index in [1.807, 2.05) is 6.07 Å². The summed E-state index contributed by atoms with van der Waals surface area (Å²) in [6.07, 6.45) is 0.0202. The second kappa shape index (κ2) is 6.02. The van der Waals surface area contributed by atoms with Gasteiger partial charge in [0.25, 0.3) is 0 Å². The van der Waals surface area contributed by atoms with Gasteiger partial charge in [0.15, 0.2) is 5.78 Å². The molecule has 2 N–H and O–H groups in total. The van der Waals surface area contributed by atoms with Crippen LogP contribution in [0.15, 0.2) is 30.3 Å². The first-order valence-electron chi connectivity index (χ1n) is 5.15. The molecule has 86 valence electrons. The molecule has 1 unspecified atom stereocenters. The first-order valence-corrected chi connectivity index (χ1v) is 5.15. The molecule has 0 saturated heterocycles. The van der Waals surface area contributed by atoms with E-state index in [2.05, 4.69) is 5.32 Å². The summed E-state index contributed by atoms with van der Waals surface area (Å²) in [5, 5.41) is 11.3. The Balaban J connectivity index is 2.45. The number of hydrogen-bond donors (Lipinski definition) is 2. The van der Waals surface area contributed by atoms with Crippen LogP contribution >= 0.6 is 0 Å². The lowest BCUT2D eigenvalue weighted by Crippen LogP contribution is -2.35. The lowest BCUT2D eigenvalue weighted by atomic mass is 10.1. The van der Waals surface area contributed by atoms with E-state index in [0.29, 0.717) is 12.1 Å². The summed E-state index contributed by atoms with van der Waals surface area (Å²) in [6.45, 7) is 2.03. The first-order chi connectivity index (χ1) is 7.61. The SMILES string of the molecule is CC(NCCC(=O)O)C(=O)c1ccccc1. The quantitative estimate of drug-likeness (QED) is 0.711. The Kier molecular flexibility index (Phi) is 4.66. The monoisotopic (exact) mass is 221 g/mol. The molecule has 0 aliphatic rings. The fourth-order valence-electron chi connectivity index (χ4n) is 1.34. The first kappa shape index (κ1) is 12.4. The van der Waals surface area contributed by atoms with Crippen LogP contribution in [-0.4, -0.2) is 29.4 Å². The zero-order valence-electron chi connectivity index (χ0n) is 9.14. The minimum absolute atomic E-state index is 0.0202. The van der Waals surface area contributed by atoms with E-state index in [4.69, 9.17) is 5.11 Å². The van der Waals surface area contributed by atoms with E-state index >= 15 is 0 Å². The number of carboxylic acid groups (broad SMARTS) is 1. The molecular formula is C12H15NO3. The third-order valence-corrected chi connectivity index (χ3v) is 2.24. The zero-order chi connectivity index (χ0) is 12.0. The van der Waals surface area contributed by atoms with Crippen LogP contribution in [0.4, 0.5) is 0 Å². The summed E-state index contributed by atoms with van der Waals surface area (Å²) in [5.41, 5.74) is 0.637. The second-order valence-electron chi connectivity index (χ2n) is 3.55. The smallest absolute Gasteiger partial charge is 0.304 e. The normalized spacial score (nSPS) is 12.1. The number of nitrogens with one attached hydrogen (secondary N) is 1. The molecule has 1 aromatic rings. The maximum Gasteiger partial charge on any atom is 0.304 e. The van der Waals surface area contributed by atoms with Crippen molar-refractivity contribution in [3.63, 3.8) is 0 Å². The van der Waals surface area contributed by atoms with Crippen LogP contribution in [0.5, 0.6) is 0 Å². The maximum absolute atomic E-state index is 11.8. The number of Topliss-reactive ketones (excluding diaryl/α,β-unsaturated/α-hetero) is 1. The van der Waals surface area contributed by atoms with Crippen molar-refractivity contribution in [2.75, 3.05) is 6.54 Å². The van der Waals surface area contributed by atoms with Crippen molar-refractivity contribution in [3.8, 4) is 0 Å². The number of hydrogen-bond acceptors (Lipinski definition) is 3. The summed E-state index contributed by atoms with van der Waals surface area (Å²) >= 11 is 0. The van der Waals surface area contributed by atoms with Crippen LogP contribution in [0, 0.1) is 0 Å². The van der Waals surface area contributed by atoms with Crippen LogP contribution in [0.25, 0.3) is 0 Å². The van der Waals surface area contributed by atoms with Gasteiger partial charge >= 0.3 is 5.97 Å². The van der Waals surface area contributed by atoms with Crippen molar-refractivity contribution in [1.82, 2.24) is 5.32 Å². The molecule has 1 aromatic carbocycles. The molecule has 0 heterocycles. The topological polar surface area (TPSA) is 66.4 Å². The number of carboxylic acids is 1. The van der Waals surface area contributed by atoms with Gasteiger partial charge in [-0.15, -0.1) is 0 Å². The number of rotatable bonds is 6. The predicted molar refractivity (Wildman–Crippen MR) is 60.5 cm³/mol. The third-order valence-electron chi connectivity index (χ3n) is 2.24. The molecular weight excluding hydrogens is 206 g/mol. The summed E-state index contributed by atoms with van der Waals surface area (Å²) in [4.78, 5) is 22.1. The van der Waals surface area contributed by atoms with E-state index in [1.54, 1.807) is 31.2 Å². The third kappa shape index (κ3) is 3.82. The van der Waals surface area contributed by atoms with Gasteiger partial charge in [0.05, 0.1) is 12.5 Å². The molecule has 0 radical (unpaired) electrons. The fraction of sp³-hybridized carbons (Fsp3) is 0.333. The molecule has 4 nitrogen and oxygen atoms in total. The fourth-order valence-corrected chi connectivity index (χ4v) is 1.34. The van der Waals surface area contributed by atoms with Crippen molar-refractivity contribution < 1.29 is 14.7 Å². The molecule has 0 aliphatic carbocycles. The van der Waals surface area contributed by atoms with Crippen LogP contribution in [0.3, 0.4) is 0 Å². The van der Waals surface area contributed by atoms with Crippen LogP contribution in [-0.2, 0) is 4.79 Å². The van der Waals surface area contributed by atoms with Gasteiger partial charge in [-0.25, -0.2) is 0 Å². The molecule has 0 aromatic heterocycles. The molecule has 4 heteroatoms. The minimum Gasteiger partial charge on any atom is -0.481 e. The van der Waals surface area contributed by atoms with Gasteiger partial charge in [-0.3, -0.25) is 9.59 Å². The summed E-state index contributed by atoms with van der Waals surface area (Å²) < 4.78 is 0. The summed E-state index contributed by atoms with van der Waals surface area (Å²) in [7, 11) is 0. The molecule has 0 aliphatic heterocycles. The Morgan fingerprint density at radius 1 is 1.31 bits per heavy atom. The Morgan fingerprint density at radius 3 is 2.50 bits per heavy atom. The van der Waals surface area contributed by atoms with E-state index in [9.17, 15) is 9.59 Å². The summed E-state index contributed by atoms with van der Waals surface area (Å²) in [5.74, 6) is -0.891. The molecule has 0 bridgehead atoms. The molecule has 16 heavy (non-hydrogen) atoms. The van der Waals surface area contributed by atoms with Crippen molar-refractivity contribution >= 4 is 11.8 Å². The largest absolute Gasteiger partial charge is 0.481 e. The Hall–Kier alpha value is -1.68. The van der Waals surface area contributed by atoms with Crippen molar-refractivity contribution in [3.05, 3.63) is 35.9 Å². The van der Waals surface area contributed by atoms with E-state index < -0.39 is 5.97 Å². The highest BCUT2D eigenvalue weighted by molar-refractivity contribution is 5.99. The molecule has 0 fully saturated rings. The van der Waals surface area contributed by atoms with Crippen molar-refractivity contribution in [1.29, 1.82) is 0 Å². The zero-order valence-corrected chi connectivity index (χ0v) is 9.14. The number of carbonyl (C=O) groups excluding carboxylic acids is 1. The van der Waals surface area contributed by atoms with Gasteiger partial charge in [-0.2, -0.15) is 0 Å². The molecule has 0 amide bonds.